The lowest BCUT2D eigenvalue weighted by Gasteiger charge is -2.06. The Morgan fingerprint density at radius 1 is 1.29 bits per heavy atom. The van der Waals surface area contributed by atoms with Gasteiger partial charge in [0.15, 0.2) is 0 Å². The van der Waals surface area contributed by atoms with E-state index in [2.05, 4.69) is 26.6 Å². The summed E-state index contributed by atoms with van der Waals surface area (Å²) in [7, 11) is 0. The van der Waals surface area contributed by atoms with E-state index in [-0.39, 0.29) is 5.91 Å². The highest BCUT2D eigenvalue weighted by Gasteiger charge is 1.92. The van der Waals surface area contributed by atoms with E-state index in [1.807, 2.05) is 24.3 Å². The Morgan fingerprint density at radius 2 is 1.93 bits per heavy atom. The van der Waals surface area contributed by atoms with Crippen molar-refractivity contribution in [2.75, 3.05) is 18.4 Å². The van der Waals surface area contributed by atoms with E-state index in [9.17, 15) is 4.79 Å². The van der Waals surface area contributed by atoms with Crippen molar-refractivity contribution in [1.82, 2.24) is 5.32 Å². The van der Waals surface area contributed by atoms with E-state index in [1.54, 1.807) is 0 Å². The maximum absolute atomic E-state index is 10.6. The SMILES string of the molecule is CC(=O)NCCNc1ccc(Br)cc1. The van der Waals surface area contributed by atoms with Crippen LogP contribution in [0.4, 0.5) is 5.69 Å². The zero-order chi connectivity index (χ0) is 10.4. The molecule has 0 aromatic heterocycles. The standard InChI is InChI=1S/C10H13BrN2O/c1-8(14)12-6-7-13-10-4-2-9(11)3-5-10/h2-5,13H,6-7H2,1H3,(H,12,14). The average molecular weight is 257 g/mol. The van der Waals surface area contributed by atoms with Crippen molar-refractivity contribution in [2.24, 2.45) is 0 Å². The van der Waals surface area contributed by atoms with Crippen LogP contribution in [-0.2, 0) is 4.79 Å². The second-order valence-electron chi connectivity index (χ2n) is 2.92. The van der Waals surface area contributed by atoms with Crippen molar-refractivity contribution in [1.29, 1.82) is 0 Å². The predicted molar refractivity (Wildman–Crippen MR) is 61.3 cm³/mol. The number of hydrogen-bond acceptors (Lipinski definition) is 2. The van der Waals surface area contributed by atoms with Crippen molar-refractivity contribution < 1.29 is 4.79 Å². The highest BCUT2D eigenvalue weighted by atomic mass is 79.9. The molecule has 0 radical (unpaired) electrons. The molecule has 1 aromatic rings. The summed E-state index contributed by atoms with van der Waals surface area (Å²) in [6.07, 6.45) is 0. The number of carbonyl (C=O) groups excluding carboxylic acids is 1. The van der Waals surface area contributed by atoms with E-state index in [1.165, 1.54) is 6.92 Å². The molecule has 0 aliphatic carbocycles. The van der Waals surface area contributed by atoms with Gasteiger partial charge in [0.05, 0.1) is 0 Å². The number of carbonyl (C=O) groups is 1. The molecule has 0 saturated heterocycles. The second-order valence-corrected chi connectivity index (χ2v) is 3.83. The number of rotatable bonds is 4. The molecule has 4 heteroatoms. The molecule has 0 bridgehead atoms. The largest absolute Gasteiger partial charge is 0.383 e. The van der Waals surface area contributed by atoms with Crippen LogP contribution in [0.2, 0.25) is 0 Å². The van der Waals surface area contributed by atoms with Gasteiger partial charge in [0.2, 0.25) is 5.91 Å². The average Bonchev–Trinajstić information content (AvgIpc) is 2.15. The fourth-order valence-corrected chi connectivity index (χ4v) is 1.28. The first-order chi connectivity index (χ1) is 6.68. The number of benzene rings is 1. The smallest absolute Gasteiger partial charge is 0.216 e. The molecule has 0 atom stereocenters. The molecule has 3 nitrogen and oxygen atoms in total. The summed E-state index contributed by atoms with van der Waals surface area (Å²) >= 11 is 3.36. The minimum atomic E-state index is 0.00241. The molecule has 0 fully saturated rings. The molecule has 0 unspecified atom stereocenters. The quantitative estimate of drug-likeness (QED) is 0.810. The van der Waals surface area contributed by atoms with Gasteiger partial charge in [-0.25, -0.2) is 0 Å². The van der Waals surface area contributed by atoms with Gasteiger partial charge in [-0.05, 0) is 24.3 Å². The fraction of sp³-hybridized carbons (Fsp3) is 0.300. The van der Waals surface area contributed by atoms with Gasteiger partial charge in [-0.2, -0.15) is 0 Å². The van der Waals surface area contributed by atoms with Crippen molar-refractivity contribution in [3.63, 3.8) is 0 Å². The van der Waals surface area contributed by atoms with Gasteiger partial charge in [0.1, 0.15) is 0 Å². The van der Waals surface area contributed by atoms with Gasteiger partial charge in [-0.15, -0.1) is 0 Å². The van der Waals surface area contributed by atoms with Crippen molar-refractivity contribution in [3.8, 4) is 0 Å². The van der Waals surface area contributed by atoms with Gasteiger partial charge < -0.3 is 10.6 Å². The molecule has 1 aromatic carbocycles. The first-order valence-corrected chi connectivity index (χ1v) is 5.21. The number of nitrogens with one attached hydrogen (secondary N) is 2. The molecule has 0 aliphatic rings. The number of hydrogen-bond donors (Lipinski definition) is 2. The van der Waals surface area contributed by atoms with Crippen LogP contribution >= 0.6 is 15.9 Å². The zero-order valence-electron chi connectivity index (χ0n) is 8.01. The third-order valence-electron chi connectivity index (χ3n) is 1.67. The van der Waals surface area contributed by atoms with Crippen molar-refractivity contribution in [2.45, 2.75) is 6.92 Å². The first-order valence-electron chi connectivity index (χ1n) is 4.42. The van der Waals surface area contributed by atoms with Crippen LogP contribution in [-0.4, -0.2) is 19.0 Å². The zero-order valence-corrected chi connectivity index (χ0v) is 9.60. The fourth-order valence-electron chi connectivity index (χ4n) is 1.01. The summed E-state index contributed by atoms with van der Waals surface area (Å²) in [5.74, 6) is 0.00241. The van der Waals surface area contributed by atoms with Gasteiger partial charge in [-0.3, -0.25) is 4.79 Å². The Balaban J connectivity index is 2.25. The summed E-state index contributed by atoms with van der Waals surface area (Å²) in [6.45, 7) is 2.90. The van der Waals surface area contributed by atoms with Gasteiger partial charge >= 0.3 is 0 Å². The lowest BCUT2D eigenvalue weighted by molar-refractivity contribution is -0.118. The van der Waals surface area contributed by atoms with Crippen LogP contribution in [0.1, 0.15) is 6.92 Å². The molecular weight excluding hydrogens is 244 g/mol. The third kappa shape index (κ3) is 4.28. The monoisotopic (exact) mass is 256 g/mol. The van der Waals surface area contributed by atoms with Gasteiger partial charge in [0.25, 0.3) is 0 Å². The summed E-state index contributed by atoms with van der Waals surface area (Å²) in [5.41, 5.74) is 1.05. The lowest BCUT2D eigenvalue weighted by atomic mass is 10.3. The maximum atomic E-state index is 10.6. The summed E-state index contributed by atoms with van der Waals surface area (Å²) < 4.78 is 1.06. The van der Waals surface area contributed by atoms with Crippen LogP contribution in [0.5, 0.6) is 0 Å². The Hall–Kier alpha value is -1.03. The van der Waals surface area contributed by atoms with Crippen LogP contribution in [0, 0.1) is 0 Å². The van der Waals surface area contributed by atoms with Gasteiger partial charge in [-0.1, -0.05) is 15.9 Å². The second kappa shape index (κ2) is 5.65. The highest BCUT2D eigenvalue weighted by molar-refractivity contribution is 9.10. The number of halogens is 1. The molecule has 0 spiro atoms. The topological polar surface area (TPSA) is 41.1 Å². The highest BCUT2D eigenvalue weighted by Crippen LogP contribution is 2.13. The Kier molecular flexibility index (Phi) is 4.46. The Labute approximate surface area is 92.0 Å². The summed E-state index contributed by atoms with van der Waals surface area (Å²) in [4.78, 5) is 10.6. The normalized spacial score (nSPS) is 9.57. The Morgan fingerprint density at radius 3 is 2.50 bits per heavy atom. The molecule has 2 N–H and O–H groups in total. The first kappa shape index (κ1) is 11.0. The predicted octanol–water partition coefficient (Wildman–Crippen LogP) is 2.00. The van der Waals surface area contributed by atoms with E-state index in [0.717, 1.165) is 16.7 Å². The molecule has 0 heterocycles. The number of anilines is 1. The van der Waals surface area contributed by atoms with E-state index in [0.29, 0.717) is 6.54 Å². The Bertz CT molecular complexity index is 297. The molecule has 0 aliphatic heterocycles. The summed E-state index contributed by atoms with van der Waals surface area (Å²) in [6, 6.07) is 7.91. The third-order valence-corrected chi connectivity index (χ3v) is 2.20. The van der Waals surface area contributed by atoms with E-state index in [4.69, 9.17) is 0 Å². The van der Waals surface area contributed by atoms with Gasteiger partial charge in [0, 0.05) is 30.2 Å². The number of amides is 1. The van der Waals surface area contributed by atoms with E-state index >= 15 is 0 Å². The molecule has 14 heavy (non-hydrogen) atoms. The molecule has 76 valence electrons. The summed E-state index contributed by atoms with van der Waals surface area (Å²) in [5, 5.41) is 5.91. The van der Waals surface area contributed by atoms with Crippen LogP contribution < -0.4 is 10.6 Å². The van der Waals surface area contributed by atoms with Crippen LogP contribution in [0.3, 0.4) is 0 Å². The lowest BCUT2D eigenvalue weighted by Crippen LogP contribution is -2.26. The van der Waals surface area contributed by atoms with E-state index < -0.39 is 0 Å². The van der Waals surface area contributed by atoms with Crippen LogP contribution in [0.25, 0.3) is 0 Å². The molecule has 1 rings (SSSR count). The van der Waals surface area contributed by atoms with Crippen LogP contribution in [0.15, 0.2) is 28.7 Å². The van der Waals surface area contributed by atoms with Crippen molar-refractivity contribution in [3.05, 3.63) is 28.7 Å². The van der Waals surface area contributed by atoms with Crippen molar-refractivity contribution >= 4 is 27.5 Å². The molecule has 0 saturated carbocycles. The molecule has 1 amide bonds. The molecular formula is C10H13BrN2O. The maximum Gasteiger partial charge on any atom is 0.216 e. The minimum Gasteiger partial charge on any atom is -0.383 e. The minimum absolute atomic E-state index is 0.00241.